The van der Waals surface area contributed by atoms with E-state index >= 15 is 0 Å². The molecule has 3 aromatic carbocycles. The zero-order chi connectivity index (χ0) is 21.3. The summed E-state index contributed by atoms with van der Waals surface area (Å²) >= 11 is 0. The van der Waals surface area contributed by atoms with Gasteiger partial charge in [0.2, 0.25) is 5.91 Å². The molecule has 0 fully saturated rings. The number of esters is 1. The van der Waals surface area contributed by atoms with Crippen LogP contribution >= 0.6 is 0 Å². The molecule has 30 heavy (non-hydrogen) atoms. The van der Waals surface area contributed by atoms with Crippen molar-refractivity contribution in [2.24, 2.45) is 0 Å². The van der Waals surface area contributed by atoms with Gasteiger partial charge in [-0.2, -0.15) is 0 Å². The number of carbonyl (C=O) groups excluding carboxylic acids is 3. The Morgan fingerprint density at radius 3 is 2.50 bits per heavy atom. The van der Waals surface area contributed by atoms with E-state index in [1.165, 1.54) is 7.11 Å². The van der Waals surface area contributed by atoms with Gasteiger partial charge in [-0.15, -0.1) is 0 Å². The van der Waals surface area contributed by atoms with Crippen molar-refractivity contribution < 1.29 is 23.9 Å². The van der Waals surface area contributed by atoms with Crippen molar-refractivity contribution in [2.75, 3.05) is 25.6 Å². The zero-order valence-electron chi connectivity index (χ0n) is 16.5. The summed E-state index contributed by atoms with van der Waals surface area (Å²) in [6.07, 6.45) is 0.144. The Kier molecular flexibility index (Phi) is 7.00. The molecule has 0 aliphatic carbocycles. The van der Waals surface area contributed by atoms with Gasteiger partial charge in [0, 0.05) is 11.8 Å². The number of nitrogens with one attached hydrogen (secondary N) is 2. The molecule has 0 radical (unpaired) electrons. The Labute approximate surface area is 174 Å². The third-order valence-electron chi connectivity index (χ3n) is 4.38. The number of fused-ring (bicyclic) bond motifs is 1. The molecule has 3 aromatic rings. The standard InChI is InChI=1S/C23H22N2O5/c1-29-19-10-5-9-18(13-19)25-22(27)15-30-23(28)14-24-21(26)12-17-8-4-7-16-6-2-3-11-20(16)17/h2-11,13H,12,14-15H2,1H3,(H,24,26)(H,25,27). The summed E-state index contributed by atoms with van der Waals surface area (Å²) in [6, 6.07) is 20.3. The third kappa shape index (κ3) is 5.81. The Bertz CT molecular complexity index is 1060. The van der Waals surface area contributed by atoms with Crippen LogP contribution in [0.2, 0.25) is 0 Å². The Hall–Kier alpha value is -3.87. The van der Waals surface area contributed by atoms with Crippen LogP contribution in [0, 0.1) is 0 Å². The highest BCUT2D eigenvalue weighted by atomic mass is 16.5. The van der Waals surface area contributed by atoms with E-state index in [9.17, 15) is 14.4 Å². The number of rotatable bonds is 8. The lowest BCUT2D eigenvalue weighted by Crippen LogP contribution is -2.33. The summed E-state index contributed by atoms with van der Waals surface area (Å²) in [6.45, 7) is -0.759. The fourth-order valence-corrected chi connectivity index (χ4v) is 2.95. The van der Waals surface area contributed by atoms with Gasteiger partial charge in [0.1, 0.15) is 12.3 Å². The van der Waals surface area contributed by atoms with Gasteiger partial charge in [-0.25, -0.2) is 0 Å². The first-order valence-electron chi connectivity index (χ1n) is 9.38. The van der Waals surface area contributed by atoms with Crippen LogP contribution in [0.1, 0.15) is 5.56 Å². The molecule has 0 atom stereocenters. The van der Waals surface area contributed by atoms with Crippen LogP contribution in [0.3, 0.4) is 0 Å². The molecule has 154 valence electrons. The number of ether oxygens (including phenoxy) is 2. The lowest BCUT2D eigenvalue weighted by molar-refractivity contribution is -0.147. The van der Waals surface area contributed by atoms with Crippen LogP contribution in [0.5, 0.6) is 5.75 Å². The average molecular weight is 406 g/mol. The summed E-state index contributed by atoms with van der Waals surface area (Å²) in [4.78, 5) is 35.9. The topological polar surface area (TPSA) is 93.7 Å². The molecule has 3 rings (SSSR count). The number of amides is 2. The average Bonchev–Trinajstić information content (AvgIpc) is 2.76. The molecule has 0 aliphatic rings. The van der Waals surface area contributed by atoms with Crippen molar-refractivity contribution in [1.29, 1.82) is 0 Å². The quantitative estimate of drug-likeness (QED) is 0.561. The summed E-state index contributed by atoms with van der Waals surface area (Å²) < 4.78 is 9.98. The summed E-state index contributed by atoms with van der Waals surface area (Å²) in [7, 11) is 1.53. The molecule has 0 aliphatic heterocycles. The number of carbonyl (C=O) groups is 3. The van der Waals surface area contributed by atoms with Gasteiger partial charge < -0.3 is 20.1 Å². The molecule has 0 saturated carbocycles. The number of benzene rings is 3. The largest absolute Gasteiger partial charge is 0.497 e. The highest BCUT2D eigenvalue weighted by Crippen LogP contribution is 2.19. The first-order chi connectivity index (χ1) is 14.5. The van der Waals surface area contributed by atoms with E-state index in [1.54, 1.807) is 24.3 Å². The zero-order valence-corrected chi connectivity index (χ0v) is 16.5. The van der Waals surface area contributed by atoms with Crippen molar-refractivity contribution >= 4 is 34.2 Å². The predicted molar refractivity (Wildman–Crippen MR) is 113 cm³/mol. The molecule has 0 bridgehead atoms. The second kappa shape index (κ2) is 10.1. The highest BCUT2D eigenvalue weighted by Gasteiger charge is 2.11. The maximum Gasteiger partial charge on any atom is 0.325 e. The lowest BCUT2D eigenvalue weighted by atomic mass is 10.0. The SMILES string of the molecule is COc1cccc(NC(=O)COC(=O)CNC(=O)Cc2cccc3ccccc23)c1. The monoisotopic (exact) mass is 406 g/mol. The normalized spacial score (nSPS) is 10.3. The lowest BCUT2D eigenvalue weighted by Gasteiger charge is -2.09. The molecule has 7 heteroatoms. The Balaban J connectivity index is 1.42. The van der Waals surface area contributed by atoms with Crippen molar-refractivity contribution in [3.05, 3.63) is 72.3 Å². The summed E-state index contributed by atoms with van der Waals surface area (Å²) in [5, 5.41) is 7.16. The molecular formula is C23H22N2O5. The maximum absolute atomic E-state index is 12.2. The van der Waals surface area contributed by atoms with Gasteiger partial charge in [-0.3, -0.25) is 14.4 Å². The summed E-state index contributed by atoms with van der Waals surface area (Å²) in [5.41, 5.74) is 1.40. The van der Waals surface area contributed by atoms with Gasteiger partial charge in [-0.05, 0) is 28.5 Å². The van der Waals surface area contributed by atoms with Gasteiger partial charge >= 0.3 is 5.97 Å². The maximum atomic E-state index is 12.2. The van der Waals surface area contributed by atoms with Crippen LogP contribution in [0.25, 0.3) is 10.8 Å². The second-order valence-corrected chi connectivity index (χ2v) is 6.53. The Morgan fingerprint density at radius 1 is 0.900 bits per heavy atom. The van der Waals surface area contributed by atoms with Crippen LogP contribution in [0.15, 0.2) is 66.7 Å². The molecule has 0 heterocycles. The highest BCUT2D eigenvalue weighted by molar-refractivity contribution is 5.94. The van der Waals surface area contributed by atoms with Crippen molar-refractivity contribution in [3.8, 4) is 5.75 Å². The minimum absolute atomic E-state index is 0.144. The Morgan fingerprint density at radius 2 is 1.67 bits per heavy atom. The van der Waals surface area contributed by atoms with Gasteiger partial charge in [-0.1, -0.05) is 48.5 Å². The van der Waals surface area contributed by atoms with E-state index in [1.807, 2.05) is 42.5 Å². The van der Waals surface area contributed by atoms with Gasteiger partial charge in [0.15, 0.2) is 6.61 Å². The smallest absolute Gasteiger partial charge is 0.325 e. The molecule has 7 nitrogen and oxygen atoms in total. The fourth-order valence-electron chi connectivity index (χ4n) is 2.95. The number of anilines is 1. The van der Waals surface area contributed by atoms with Crippen LogP contribution < -0.4 is 15.4 Å². The van der Waals surface area contributed by atoms with E-state index in [2.05, 4.69) is 10.6 Å². The van der Waals surface area contributed by atoms with E-state index in [0.717, 1.165) is 16.3 Å². The minimum Gasteiger partial charge on any atom is -0.497 e. The van der Waals surface area contributed by atoms with Crippen molar-refractivity contribution in [2.45, 2.75) is 6.42 Å². The molecule has 0 spiro atoms. The van der Waals surface area contributed by atoms with Crippen molar-refractivity contribution in [1.82, 2.24) is 5.32 Å². The first-order valence-corrected chi connectivity index (χ1v) is 9.38. The molecule has 0 saturated heterocycles. The van der Waals surface area contributed by atoms with Gasteiger partial charge in [0.25, 0.3) is 5.91 Å². The van der Waals surface area contributed by atoms with E-state index in [0.29, 0.717) is 11.4 Å². The number of hydrogen-bond acceptors (Lipinski definition) is 5. The number of methoxy groups -OCH3 is 1. The molecule has 0 aromatic heterocycles. The third-order valence-corrected chi connectivity index (χ3v) is 4.38. The molecule has 2 amide bonds. The summed E-state index contributed by atoms with van der Waals surface area (Å²) in [5.74, 6) is -0.886. The van der Waals surface area contributed by atoms with E-state index in [4.69, 9.17) is 9.47 Å². The van der Waals surface area contributed by atoms with E-state index in [-0.39, 0.29) is 18.9 Å². The predicted octanol–water partition coefficient (Wildman–Crippen LogP) is 2.69. The molecule has 2 N–H and O–H groups in total. The first kappa shape index (κ1) is 20.9. The van der Waals surface area contributed by atoms with Crippen LogP contribution in [0.4, 0.5) is 5.69 Å². The van der Waals surface area contributed by atoms with Gasteiger partial charge in [0.05, 0.1) is 13.5 Å². The fraction of sp³-hybridized carbons (Fsp3) is 0.174. The van der Waals surface area contributed by atoms with E-state index < -0.39 is 18.5 Å². The molecular weight excluding hydrogens is 384 g/mol. The minimum atomic E-state index is -0.693. The second-order valence-electron chi connectivity index (χ2n) is 6.53. The molecule has 0 unspecified atom stereocenters. The van der Waals surface area contributed by atoms with Crippen molar-refractivity contribution in [3.63, 3.8) is 0 Å². The number of hydrogen-bond donors (Lipinski definition) is 2. The van der Waals surface area contributed by atoms with Crippen LogP contribution in [-0.2, 0) is 25.5 Å². The van der Waals surface area contributed by atoms with Crippen LogP contribution in [-0.4, -0.2) is 38.0 Å².